The highest BCUT2D eigenvalue weighted by molar-refractivity contribution is 6.04. The Labute approximate surface area is 154 Å². The zero-order valence-electron chi connectivity index (χ0n) is 16.2. The van der Waals surface area contributed by atoms with Gasteiger partial charge in [-0.2, -0.15) is 5.10 Å². The van der Waals surface area contributed by atoms with Crippen molar-refractivity contribution in [2.45, 2.75) is 59.0 Å². The monoisotopic (exact) mass is 354 g/mol. The van der Waals surface area contributed by atoms with Crippen LogP contribution in [0.4, 0.5) is 5.82 Å². The number of benzene rings is 1. The molecule has 0 saturated carbocycles. The first kappa shape index (κ1) is 18.2. The van der Waals surface area contributed by atoms with E-state index in [1.54, 1.807) is 11.8 Å². The molecule has 0 aliphatic carbocycles. The second-order valence-corrected chi connectivity index (χ2v) is 8.37. The largest absolute Gasteiger partial charge is 0.328 e. The lowest BCUT2D eigenvalue weighted by atomic mass is 9.87. The average molecular weight is 354 g/mol. The molecule has 26 heavy (non-hydrogen) atoms. The number of fused-ring (bicyclic) bond motifs is 1. The van der Waals surface area contributed by atoms with E-state index in [-0.39, 0.29) is 17.2 Å². The molecular formula is C20H26N4O2. The Bertz CT molecular complexity index is 857. The van der Waals surface area contributed by atoms with Crippen LogP contribution in [-0.4, -0.2) is 26.9 Å². The molecule has 1 aliphatic rings. The second-order valence-electron chi connectivity index (χ2n) is 8.37. The number of nitrogens with one attached hydrogen (secondary N) is 2. The highest BCUT2D eigenvalue weighted by Gasteiger charge is 2.42. The fourth-order valence-corrected chi connectivity index (χ4v) is 3.43. The SMILES string of the molecule is CC(=O)N1Cc2c(NC(=O)c3ccc(C(C)(C)C)cc3)n[nH]c2C1(C)C. The quantitative estimate of drug-likeness (QED) is 0.865. The minimum atomic E-state index is -0.467. The molecule has 0 fully saturated rings. The fraction of sp³-hybridized carbons (Fsp3) is 0.450. The van der Waals surface area contributed by atoms with E-state index in [2.05, 4.69) is 36.3 Å². The van der Waals surface area contributed by atoms with Gasteiger partial charge < -0.3 is 10.2 Å². The van der Waals surface area contributed by atoms with Crippen LogP contribution in [0.3, 0.4) is 0 Å². The number of H-pyrrole nitrogens is 1. The van der Waals surface area contributed by atoms with Crippen LogP contribution < -0.4 is 5.32 Å². The van der Waals surface area contributed by atoms with Gasteiger partial charge in [0.2, 0.25) is 5.91 Å². The number of hydrogen-bond donors (Lipinski definition) is 2. The maximum absolute atomic E-state index is 12.6. The van der Waals surface area contributed by atoms with E-state index in [9.17, 15) is 9.59 Å². The van der Waals surface area contributed by atoms with E-state index in [0.717, 1.165) is 11.3 Å². The number of rotatable bonds is 2. The van der Waals surface area contributed by atoms with Crippen LogP contribution in [0.15, 0.2) is 24.3 Å². The Morgan fingerprint density at radius 1 is 1.19 bits per heavy atom. The van der Waals surface area contributed by atoms with Crippen LogP contribution in [0.2, 0.25) is 0 Å². The number of aromatic nitrogens is 2. The number of amides is 2. The minimum Gasteiger partial charge on any atom is -0.328 e. The zero-order valence-corrected chi connectivity index (χ0v) is 16.2. The van der Waals surface area contributed by atoms with Gasteiger partial charge in [-0.05, 0) is 37.0 Å². The molecule has 1 aliphatic heterocycles. The van der Waals surface area contributed by atoms with Crippen molar-refractivity contribution in [3.05, 3.63) is 46.6 Å². The normalized spacial score (nSPS) is 15.7. The molecular weight excluding hydrogens is 328 g/mol. The molecule has 1 aromatic carbocycles. The molecule has 0 spiro atoms. The molecule has 6 nitrogen and oxygen atoms in total. The standard InChI is InChI=1S/C20H26N4O2/c1-12(25)24-11-15-16(20(24,5)6)22-23-17(15)21-18(26)13-7-9-14(10-8-13)19(2,3)4/h7-10H,11H2,1-6H3,(H2,21,22,23,26). The van der Waals surface area contributed by atoms with Gasteiger partial charge in [0, 0.05) is 18.1 Å². The fourth-order valence-electron chi connectivity index (χ4n) is 3.43. The van der Waals surface area contributed by atoms with E-state index in [0.29, 0.717) is 17.9 Å². The van der Waals surface area contributed by atoms with Crippen molar-refractivity contribution >= 4 is 17.6 Å². The summed E-state index contributed by atoms with van der Waals surface area (Å²) in [6, 6.07) is 7.61. The average Bonchev–Trinajstić information content (AvgIpc) is 3.05. The van der Waals surface area contributed by atoms with Crippen molar-refractivity contribution < 1.29 is 9.59 Å². The topological polar surface area (TPSA) is 78.1 Å². The van der Waals surface area contributed by atoms with Gasteiger partial charge in [0.25, 0.3) is 5.91 Å². The predicted molar refractivity (Wildman–Crippen MR) is 101 cm³/mol. The van der Waals surface area contributed by atoms with Crippen molar-refractivity contribution in [2.24, 2.45) is 0 Å². The summed E-state index contributed by atoms with van der Waals surface area (Å²) in [5.41, 5.74) is 3.06. The van der Waals surface area contributed by atoms with Crippen molar-refractivity contribution in [1.29, 1.82) is 0 Å². The molecule has 0 atom stereocenters. The summed E-state index contributed by atoms with van der Waals surface area (Å²) < 4.78 is 0. The zero-order chi connectivity index (χ0) is 19.3. The lowest BCUT2D eigenvalue weighted by Gasteiger charge is -2.30. The van der Waals surface area contributed by atoms with Crippen LogP contribution in [0, 0.1) is 0 Å². The first-order valence-corrected chi connectivity index (χ1v) is 8.79. The van der Waals surface area contributed by atoms with Gasteiger partial charge in [-0.3, -0.25) is 14.7 Å². The first-order chi connectivity index (χ1) is 12.0. The summed E-state index contributed by atoms with van der Waals surface area (Å²) >= 11 is 0. The molecule has 2 heterocycles. The molecule has 2 aromatic rings. The van der Waals surface area contributed by atoms with Gasteiger partial charge in [0.05, 0.1) is 17.8 Å². The maximum Gasteiger partial charge on any atom is 0.256 e. The summed E-state index contributed by atoms with van der Waals surface area (Å²) in [7, 11) is 0. The minimum absolute atomic E-state index is 0.00496. The molecule has 2 N–H and O–H groups in total. The van der Waals surface area contributed by atoms with Crippen LogP contribution >= 0.6 is 0 Å². The van der Waals surface area contributed by atoms with Crippen LogP contribution in [-0.2, 0) is 22.3 Å². The van der Waals surface area contributed by atoms with E-state index in [1.165, 1.54) is 5.56 Å². The third-order valence-electron chi connectivity index (χ3n) is 5.10. The summed E-state index contributed by atoms with van der Waals surface area (Å²) in [6.07, 6.45) is 0. The van der Waals surface area contributed by atoms with Gasteiger partial charge in [0.1, 0.15) is 0 Å². The summed E-state index contributed by atoms with van der Waals surface area (Å²) in [4.78, 5) is 26.3. The van der Waals surface area contributed by atoms with Gasteiger partial charge >= 0.3 is 0 Å². The van der Waals surface area contributed by atoms with Crippen LogP contribution in [0.5, 0.6) is 0 Å². The second kappa shape index (κ2) is 5.97. The van der Waals surface area contributed by atoms with Crippen LogP contribution in [0.25, 0.3) is 0 Å². The number of carbonyl (C=O) groups excluding carboxylic acids is 2. The van der Waals surface area contributed by atoms with Crippen molar-refractivity contribution in [2.75, 3.05) is 5.32 Å². The van der Waals surface area contributed by atoms with E-state index in [1.807, 2.05) is 38.1 Å². The highest BCUT2D eigenvalue weighted by Crippen LogP contribution is 2.40. The van der Waals surface area contributed by atoms with Crippen molar-refractivity contribution in [3.8, 4) is 0 Å². The number of nitrogens with zero attached hydrogens (tertiary/aromatic N) is 2. The Kier molecular flexibility index (Phi) is 4.17. The Morgan fingerprint density at radius 3 is 2.35 bits per heavy atom. The smallest absolute Gasteiger partial charge is 0.256 e. The number of anilines is 1. The molecule has 0 unspecified atom stereocenters. The number of aromatic amines is 1. The van der Waals surface area contributed by atoms with Crippen LogP contribution in [0.1, 0.15) is 68.7 Å². The summed E-state index contributed by atoms with van der Waals surface area (Å²) in [6.45, 7) is 12.3. The lowest BCUT2D eigenvalue weighted by molar-refractivity contribution is -0.134. The molecule has 0 saturated heterocycles. The first-order valence-electron chi connectivity index (χ1n) is 8.79. The lowest BCUT2D eigenvalue weighted by Crippen LogP contribution is -2.39. The summed E-state index contributed by atoms with van der Waals surface area (Å²) in [5, 5.41) is 10.1. The highest BCUT2D eigenvalue weighted by atomic mass is 16.2. The summed E-state index contributed by atoms with van der Waals surface area (Å²) in [5.74, 6) is 0.273. The van der Waals surface area contributed by atoms with Gasteiger partial charge in [-0.1, -0.05) is 32.9 Å². The van der Waals surface area contributed by atoms with Gasteiger partial charge in [-0.25, -0.2) is 0 Å². The molecule has 0 radical (unpaired) electrons. The third kappa shape index (κ3) is 3.00. The number of carbonyl (C=O) groups is 2. The Hall–Kier alpha value is -2.63. The predicted octanol–water partition coefficient (Wildman–Crippen LogP) is 3.56. The molecule has 138 valence electrons. The molecule has 3 rings (SSSR count). The van der Waals surface area contributed by atoms with Gasteiger partial charge in [-0.15, -0.1) is 0 Å². The molecule has 6 heteroatoms. The third-order valence-corrected chi connectivity index (χ3v) is 5.10. The van der Waals surface area contributed by atoms with E-state index in [4.69, 9.17) is 0 Å². The van der Waals surface area contributed by atoms with E-state index >= 15 is 0 Å². The molecule has 0 bridgehead atoms. The van der Waals surface area contributed by atoms with Gasteiger partial charge in [0.15, 0.2) is 5.82 Å². The van der Waals surface area contributed by atoms with Crippen molar-refractivity contribution in [1.82, 2.24) is 15.1 Å². The Morgan fingerprint density at radius 2 is 1.81 bits per heavy atom. The maximum atomic E-state index is 12.6. The molecule has 1 aromatic heterocycles. The number of hydrogen-bond acceptors (Lipinski definition) is 3. The van der Waals surface area contributed by atoms with E-state index < -0.39 is 5.54 Å². The molecule has 2 amide bonds. The Balaban J connectivity index is 1.82. The van der Waals surface area contributed by atoms with Crippen molar-refractivity contribution in [3.63, 3.8) is 0 Å².